The van der Waals surface area contributed by atoms with Gasteiger partial charge in [0.15, 0.2) is 0 Å². The third-order valence-electron chi connectivity index (χ3n) is 3.41. The quantitative estimate of drug-likeness (QED) is 0.870. The number of anilines is 1. The summed E-state index contributed by atoms with van der Waals surface area (Å²) in [4.78, 5) is 0. The fourth-order valence-electron chi connectivity index (χ4n) is 2.16. The fraction of sp³-hybridized carbons (Fsp3) is 0.538. The Balaban J connectivity index is 2.08. The first-order valence-corrected chi connectivity index (χ1v) is 8.41. The van der Waals surface area contributed by atoms with Crippen LogP contribution in [0.15, 0.2) is 24.3 Å². The first kappa shape index (κ1) is 14.6. The molecule has 6 heteroatoms. The van der Waals surface area contributed by atoms with Gasteiger partial charge in [-0.1, -0.05) is 19.1 Å². The van der Waals surface area contributed by atoms with Crippen molar-refractivity contribution in [3.8, 4) is 0 Å². The molecule has 1 aromatic carbocycles. The maximum atomic E-state index is 12.2. The lowest BCUT2D eigenvalue weighted by molar-refractivity contribution is 0.289. The average Bonchev–Trinajstić information content (AvgIpc) is 2.39. The number of nitrogens with zero attached hydrogens (tertiary/aromatic N) is 1. The molecule has 4 nitrogen and oxygen atoms in total. The monoisotopic (exact) mass is 302 g/mol. The molecule has 2 rings (SSSR count). The van der Waals surface area contributed by atoms with Crippen molar-refractivity contribution in [3.05, 3.63) is 29.8 Å². The zero-order valence-corrected chi connectivity index (χ0v) is 12.5. The SMILES string of the molecule is CC1CCN(S(=O)(=O)Nc2cccc(CCl)c2)CC1. The van der Waals surface area contributed by atoms with Crippen molar-refractivity contribution in [1.82, 2.24) is 4.31 Å². The number of hydrogen-bond donors (Lipinski definition) is 1. The van der Waals surface area contributed by atoms with Crippen LogP contribution in [0, 0.1) is 5.92 Å². The van der Waals surface area contributed by atoms with Crippen molar-refractivity contribution < 1.29 is 8.42 Å². The van der Waals surface area contributed by atoms with Crippen LogP contribution in [0.25, 0.3) is 0 Å². The van der Waals surface area contributed by atoms with Crippen molar-refractivity contribution in [2.24, 2.45) is 5.92 Å². The normalized spacial score (nSPS) is 18.4. The molecule has 0 unspecified atom stereocenters. The van der Waals surface area contributed by atoms with E-state index >= 15 is 0 Å². The predicted octanol–water partition coefficient (Wildman–Crippen LogP) is 2.81. The second-order valence-corrected chi connectivity index (χ2v) is 6.96. The number of alkyl halides is 1. The van der Waals surface area contributed by atoms with Crippen molar-refractivity contribution >= 4 is 27.5 Å². The fourth-order valence-corrected chi connectivity index (χ4v) is 3.57. The van der Waals surface area contributed by atoms with Gasteiger partial charge in [0, 0.05) is 19.0 Å². The van der Waals surface area contributed by atoms with Crippen LogP contribution in [0.2, 0.25) is 0 Å². The summed E-state index contributed by atoms with van der Waals surface area (Å²) in [6.45, 7) is 3.33. The van der Waals surface area contributed by atoms with E-state index in [9.17, 15) is 8.42 Å². The third-order valence-corrected chi connectivity index (χ3v) is 5.26. The lowest BCUT2D eigenvalue weighted by atomic mass is 10.0. The number of rotatable bonds is 4. The molecule has 1 heterocycles. The lowest BCUT2D eigenvalue weighted by Gasteiger charge is -2.29. The van der Waals surface area contributed by atoms with Crippen LogP contribution in [0.1, 0.15) is 25.3 Å². The Morgan fingerprint density at radius 1 is 1.37 bits per heavy atom. The molecule has 0 atom stereocenters. The Morgan fingerprint density at radius 3 is 2.68 bits per heavy atom. The average molecular weight is 303 g/mol. The van der Waals surface area contributed by atoms with Crippen LogP contribution in [-0.2, 0) is 16.1 Å². The Hall–Kier alpha value is -0.780. The summed E-state index contributed by atoms with van der Waals surface area (Å²) in [5.41, 5.74) is 1.46. The van der Waals surface area contributed by atoms with Gasteiger partial charge < -0.3 is 0 Å². The summed E-state index contributed by atoms with van der Waals surface area (Å²) in [5.74, 6) is 0.975. The first-order chi connectivity index (χ1) is 9.01. The second-order valence-electron chi connectivity index (χ2n) is 5.02. The van der Waals surface area contributed by atoms with Crippen molar-refractivity contribution in [1.29, 1.82) is 0 Å². The lowest BCUT2D eigenvalue weighted by Crippen LogP contribution is -2.41. The molecule has 1 aliphatic rings. The second kappa shape index (κ2) is 6.11. The molecule has 106 valence electrons. The van der Waals surface area contributed by atoms with Gasteiger partial charge in [-0.2, -0.15) is 12.7 Å². The molecule has 19 heavy (non-hydrogen) atoms. The summed E-state index contributed by atoms with van der Waals surface area (Å²) >= 11 is 5.75. The first-order valence-electron chi connectivity index (χ1n) is 6.44. The minimum absolute atomic E-state index is 0.372. The summed E-state index contributed by atoms with van der Waals surface area (Å²) in [6, 6.07) is 7.17. The molecule has 0 aliphatic carbocycles. The van der Waals surface area contributed by atoms with Gasteiger partial charge in [-0.25, -0.2) is 0 Å². The number of hydrogen-bond acceptors (Lipinski definition) is 2. The Kier molecular flexibility index (Phi) is 4.71. The maximum absolute atomic E-state index is 12.2. The Bertz CT molecular complexity index is 525. The number of piperidine rings is 1. The largest absolute Gasteiger partial charge is 0.301 e. The minimum atomic E-state index is -3.44. The van der Waals surface area contributed by atoms with Gasteiger partial charge in [0.05, 0.1) is 5.69 Å². The van der Waals surface area contributed by atoms with E-state index < -0.39 is 10.2 Å². The molecule has 1 aromatic rings. The van der Waals surface area contributed by atoms with Gasteiger partial charge in [0.1, 0.15) is 0 Å². The van der Waals surface area contributed by atoms with Crippen molar-refractivity contribution in [2.75, 3.05) is 17.8 Å². The molecule has 1 saturated heterocycles. The molecular formula is C13H19ClN2O2S. The zero-order chi connectivity index (χ0) is 13.9. The van der Waals surface area contributed by atoms with Gasteiger partial charge in [0.2, 0.25) is 0 Å². The molecule has 0 amide bonds. The zero-order valence-electron chi connectivity index (χ0n) is 11.0. The molecule has 0 radical (unpaired) electrons. The number of benzene rings is 1. The summed E-state index contributed by atoms with van der Waals surface area (Å²) in [6.07, 6.45) is 1.84. The number of halogens is 1. The standard InChI is InChI=1S/C13H19ClN2O2S/c1-11-5-7-16(8-6-11)19(17,18)15-13-4-2-3-12(9-13)10-14/h2-4,9,11,15H,5-8,10H2,1H3. The summed E-state index contributed by atoms with van der Waals surface area (Å²) < 4.78 is 28.6. The highest BCUT2D eigenvalue weighted by molar-refractivity contribution is 7.90. The summed E-state index contributed by atoms with van der Waals surface area (Å²) in [7, 11) is -3.44. The van der Waals surface area contributed by atoms with Gasteiger partial charge in [-0.15, -0.1) is 11.6 Å². The minimum Gasteiger partial charge on any atom is -0.271 e. The number of nitrogens with one attached hydrogen (secondary N) is 1. The van der Waals surface area contributed by atoms with Gasteiger partial charge >= 0.3 is 10.2 Å². The molecule has 1 aliphatic heterocycles. The molecular weight excluding hydrogens is 284 g/mol. The van der Waals surface area contributed by atoms with Gasteiger partial charge in [0.25, 0.3) is 0 Å². The van der Waals surface area contributed by atoms with E-state index in [2.05, 4.69) is 11.6 Å². The van der Waals surface area contributed by atoms with Crippen LogP contribution in [0.5, 0.6) is 0 Å². The molecule has 0 saturated carbocycles. The molecule has 0 bridgehead atoms. The van der Waals surface area contributed by atoms with E-state index in [0.717, 1.165) is 18.4 Å². The smallest absolute Gasteiger partial charge is 0.271 e. The van der Waals surface area contributed by atoms with Crippen LogP contribution >= 0.6 is 11.6 Å². The van der Waals surface area contributed by atoms with E-state index in [-0.39, 0.29) is 0 Å². The van der Waals surface area contributed by atoms with E-state index in [0.29, 0.717) is 30.6 Å². The van der Waals surface area contributed by atoms with Crippen LogP contribution in [0.3, 0.4) is 0 Å². The highest BCUT2D eigenvalue weighted by atomic mass is 35.5. The highest BCUT2D eigenvalue weighted by Gasteiger charge is 2.26. The topological polar surface area (TPSA) is 49.4 Å². The highest BCUT2D eigenvalue weighted by Crippen LogP contribution is 2.21. The molecule has 0 spiro atoms. The molecule has 1 fully saturated rings. The van der Waals surface area contributed by atoms with Crippen LogP contribution in [0.4, 0.5) is 5.69 Å². The third kappa shape index (κ3) is 3.84. The van der Waals surface area contributed by atoms with Gasteiger partial charge in [-0.3, -0.25) is 4.72 Å². The van der Waals surface area contributed by atoms with Crippen LogP contribution in [-0.4, -0.2) is 25.8 Å². The van der Waals surface area contributed by atoms with E-state index in [1.165, 1.54) is 4.31 Å². The van der Waals surface area contributed by atoms with E-state index in [1.54, 1.807) is 18.2 Å². The van der Waals surface area contributed by atoms with Gasteiger partial charge in [-0.05, 0) is 36.5 Å². The maximum Gasteiger partial charge on any atom is 0.301 e. The molecule has 1 N–H and O–H groups in total. The van der Waals surface area contributed by atoms with E-state index in [4.69, 9.17) is 11.6 Å². The Labute approximate surface area is 119 Å². The van der Waals surface area contributed by atoms with Crippen LogP contribution < -0.4 is 4.72 Å². The van der Waals surface area contributed by atoms with Crippen molar-refractivity contribution in [3.63, 3.8) is 0 Å². The summed E-state index contributed by atoms with van der Waals surface area (Å²) in [5, 5.41) is 0. The van der Waals surface area contributed by atoms with E-state index in [1.807, 2.05) is 6.07 Å². The Morgan fingerprint density at radius 2 is 2.05 bits per heavy atom. The molecule has 0 aromatic heterocycles. The predicted molar refractivity (Wildman–Crippen MR) is 78.5 cm³/mol. The van der Waals surface area contributed by atoms with Crippen molar-refractivity contribution in [2.45, 2.75) is 25.6 Å².